The molecule has 1 spiro atoms. The third-order valence-electron chi connectivity index (χ3n) is 12.2. The van der Waals surface area contributed by atoms with Crippen molar-refractivity contribution in [2.45, 2.75) is 128 Å². The molecule has 312 valence electrons. The smallest absolute Gasteiger partial charge is 0.306 e. The Hall–Kier alpha value is -2.12. The van der Waals surface area contributed by atoms with Crippen LogP contribution in [0, 0.1) is 40.4 Å². The fourth-order valence-electron chi connectivity index (χ4n) is 10.1. The van der Waals surface area contributed by atoms with E-state index in [4.69, 9.17) is 32.4 Å². The minimum Gasteiger partial charge on any atom is -0.691 e. The van der Waals surface area contributed by atoms with Crippen LogP contribution in [0.1, 0.15) is 85.0 Å². The number of esters is 2. The molecular weight excluding hydrogens is 776 g/mol. The van der Waals surface area contributed by atoms with Gasteiger partial charge in [-0.25, -0.2) is 0 Å². The van der Waals surface area contributed by atoms with Crippen molar-refractivity contribution in [3.63, 3.8) is 0 Å². The lowest BCUT2D eigenvalue weighted by atomic mass is 9.43. The molecule has 1 heterocycles. The van der Waals surface area contributed by atoms with E-state index >= 15 is 0 Å². The summed E-state index contributed by atoms with van der Waals surface area (Å²) in [4.78, 5) is 49.7. The van der Waals surface area contributed by atoms with E-state index < -0.39 is 103 Å². The number of hydrogen-bond acceptors (Lipinski definition) is 19. The molecule has 4 saturated carbocycles. The molecule has 21 heteroatoms. The summed E-state index contributed by atoms with van der Waals surface area (Å²) in [5, 5.41) is 59.2. The van der Waals surface area contributed by atoms with E-state index in [9.17, 15) is 39.9 Å². The molecule has 13 atom stereocenters. The normalized spacial score (nSPS) is 38.2. The van der Waals surface area contributed by atoms with Gasteiger partial charge >= 0.3 is 23.9 Å². The first-order valence-electron chi connectivity index (χ1n) is 18.2. The van der Waals surface area contributed by atoms with E-state index in [2.05, 4.69) is 32.2 Å². The third-order valence-corrected chi connectivity index (χ3v) is 13.0. The van der Waals surface area contributed by atoms with Gasteiger partial charge in [-0.15, -0.1) is 8.67 Å². The lowest BCUT2D eigenvalue weighted by Gasteiger charge is -2.62. The monoisotopic (exact) mass is 824 g/mol. The number of hydrogen-bond donors (Lipinski definition) is 3. The predicted octanol–water partition coefficient (Wildman–Crippen LogP) is 2.05. The number of fused-ring (bicyclic) bond motifs is 3. The Morgan fingerprint density at radius 2 is 1.65 bits per heavy atom. The third kappa shape index (κ3) is 9.78. The maximum Gasteiger partial charge on any atom is 0.306 e. The Balaban J connectivity index is 1.48. The average molecular weight is 825 g/mol. The second-order valence-electron chi connectivity index (χ2n) is 15.7. The number of aliphatic carboxylic acids is 2. The minimum absolute atomic E-state index is 0.0255. The van der Waals surface area contributed by atoms with Gasteiger partial charge < -0.3 is 44.8 Å². The molecule has 4 aliphatic carbocycles. The van der Waals surface area contributed by atoms with Crippen LogP contribution in [0.15, 0.2) is 12.2 Å². The number of aliphatic hydroxyl groups is 1. The maximum atomic E-state index is 13.2. The fraction of sp³-hybridized carbons (Fsp3) is 0.824. The summed E-state index contributed by atoms with van der Waals surface area (Å²) in [5.41, 5.74) is -0.224. The van der Waals surface area contributed by atoms with Crippen molar-refractivity contribution < 1.29 is 91.1 Å². The van der Waals surface area contributed by atoms with Crippen molar-refractivity contribution in [2.24, 2.45) is 40.4 Å². The molecule has 0 aromatic rings. The quantitative estimate of drug-likeness (QED) is 0.0320. The van der Waals surface area contributed by atoms with Crippen molar-refractivity contribution in [3.05, 3.63) is 12.2 Å². The summed E-state index contributed by atoms with van der Waals surface area (Å²) >= 11 is 0.0544. The van der Waals surface area contributed by atoms with Gasteiger partial charge in [0.05, 0.1) is 31.0 Å². The Labute approximate surface area is 326 Å². The second kappa shape index (κ2) is 19.1. The molecule has 3 N–H and O–H groups in total. The highest BCUT2D eigenvalue weighted by Gasteiger charge is 2.67. The van der Waals surface area contributed by atoms with Crippen molar-refractivity contribution in [1.82, 2.24) is 0 Å². The summed E-state index contributed by atoms with van der Waals surface area (Å²) in [6.45, 7) is 9.22. The second-order valence-corrected chi connectivity index (χ2v) is 16.7. The van der Waals surface area contributed by atoms with Crippen LogP contribution in [0.2, 0.25) is 0 Å². The van der Waals surface area contributed by atoms with Crippen molar-refractivity contribution >= 4 is 48.5 Å². The molecule has 5 fully saturated rings. The highest BCUT2D eigenvalue weighted by molar-refractivity contribution is 7.90. The molecule has 1 aliphatic heterocycles. The zero-order valence-corrected chi connectivity index (χ0v) is 32.2. The number of ether oxygens (including phenoxy) is 4. The largest absolute Gasteiger partial charge is 0.691 e. The molecule has 5 aliphatic rings. The Bertz CT molecular complexity index is 1390. The molecule has 0 aromatic carbocycles. The molecule has 1 saturated heterocycles. The summed E-state index contributed by atoms with van der Waals surface area (Å²) < 4.78 is 43.9. The SMILES string of the molecule is C=C1C2CCC3C4(C)CC(OC5O[C@@H](COC(=O)CCC(=O)O)[C@@H](OSOO[O-])C(OSOO[O-])C5OC(=O)CC(C)C)CC(C(=O)O)C4CCC3(C2)[C@H]1O. The van der Waals surface area contributed by atoms with Gasteiger partial charge in [-0.2, -0.15) is 0 Å². The lowest BCUT2D eigenvalue weighted by molar-refractivity contribution is -0.778. The van der Waals surface area contributed by atoms with Gasteiger partial charge in [-0.1, -0.05) is 27.4 Å². The van der Waals surface area contributed by atoms with E-state index in [0.717, 1.165) is 24.8 Å². The van der Waals surface area contributed by atoms with E-state index in [1.54, 1.807) is 13.8 Å². The van der Waals surface area contributed by atoms with Gasteiger partial charge in [-0.3, -0.25) is 37.6 Å². The Morgan fingerprint density at radius 1 is 0.964 bits per heavy atom. The average Bonchev–Trinajstić information content (AvgIpc) is 3.29. The number of carbonyl (C=O) groups excluding carboxylic acids is 2. The van der Waals surface area contributed by atoms with Gasteiger partial charge in [0.2, 0.25) is 0 Å². The van der Waals surface area contributed by atoms with E-state index in [-0.39, 0.29) is 61.2 Å². The number of aliphatic hydroxyl groups excluding tert-OH is 1. The number of carboxylic acids is 2. The van der Waals surface area contributed by atoms with Gasteiger partial charge in [-0.05, 0) is 79.6 Å². The number of rotatable bonds is 19. The summed E-state index contributed by atoms with van der Waals surface area (Å²) in [5.74, 6) is -4.93. The van der Waals surface area contributed by atoms with Crippen LogP contribution in [0.3, 0.4) is 0 Å². The molecule has 2 bridgehead atoms. The van der Waals surface area contributed by atoms with Crippen LogP contribution in [-0.4, -0.2) is 88.7 Å². The minimum atomic E-state index is -1.55. The van der Waals surface area contributed by atoms with Crippen LogP contribution in [0.4, 0.5) is 0 Å². The van der Waals surface area contributed by atoms with Gasteiger partial charge in [0.25, 0.3) is 0 Å². The molecule has 5 rings (SSSR count). The standard InChI is InChI=1S/C34H50O19S2/c1-16(2)11-26(38)47-29-28(49-55-53-51-43)27(48-54-52-50-42)22(15-44-25(37)8-7-24(35)36)46-32(29)45-19-12-20(31(40)41)21-9-10-34-13-18(17(3)30(34)39)5-6-23(34)33(21,4)14-19/h16,18-23,27-30,32,39,42-43H,3,5-15H2,1-2,4H3,(H,35,36)(H,40,41)/p-2/t18?,19?,20?,21?,22-,23?,27+,28?,29?,30-,32?,33?,34?/m0/s1. The predicted molar refractivity (Wildman–Crippen MR) is 180 cm³/mol. The van der Waals surface area contributed by atoms with Crippen molar-refractivity contribution in [2.75, 3.05) is 6.61 Å². The Kier molecular flexibility index (Phi) is 15.3. The van der Waals surface area contributed by atoms with Crippen LogP contribution < -0.4 is 10.5 Å². The zero-order chi connectivity index (χ0) is 40.1. The molecule has 0 amide bonds. The Morgan fingerprint density at radius 3 is 2.29 bits per heavy atom. The van der Waals surface area contributed by atoms with Crippen molar-refractivity contribution in [1.29, 1.82) is 0 Å². The van der Waals surface area contributed by atoms with E-state index in [0.29, 0.717) is 19.3 Å². The van der Waals surface area contributed by atoms with Crippen LogP contribution in [0.5, 0.6) is 0 Å². The molecule has 10 unspecified atom stereocenters. The fourth-order valence-corrected chi connectivity index (χ4v) is 10.9. The number of carboxylic acid groups (broad SMARTS) is 2. The molecule has 55 heavy (non-hydrogen) atoms. The van der Waals surface area contributed by atoms with Crippen LogP contribution >= 0.6 is 24.6 Å². The van der Waals surface area contributed by atoms with Gasteiger partial charge in [0.1, 0.15) is 24.9 Å². The highest BCUT2D eigenvalue weighted by Crippen LogP contribution is 2.70. The van der Waals surface area contributed by atoms with Crippen LogP contribution in [0.25, 0.3) is 0 Å². The zero-order valence-electron chi connectivity index (χ0n) is 30.6. The van der Waals surface area contributed by atoms with Gasteiger partial charge in [0, 0.05) is 11.8 Å². The van der Waals surface area contributed by atoms with Gasteiger partial charge in [0.15, 0.2) is 37.0 Å². The first-order chi connectivity index (χ1) is 26.1. The molecular formula is C34H48O19S2-2. The highest BCUT2D eigenvalue weighted by atomic mass is 32.2. The van der Waals surface area contributed by atoms with Crippen molar-refractivity contribution in [3.8, 4) is 0 Å². The molecule has 0 radical (unpaired) electrons. The maximum absolute atomic E-state index is 13.2. The van der Waals surface area contributed by atoms with E-state index in [1.165, 1.54) is 0 Å². The topological polar surface area (TPSA) is 267 Å². The summed E-state index contributed by atoms with van der Waals surface area (Å²) in [6, 6.07) is 0. The molecule has 0 aromatic heterocycles. The first kappa shape index (κ1) is 44.0. The van der Waals surface area contributed by atoms with Crippen LogP contribution in [-0.2, 0) is 65.2 Å². The van der Waals surface area contributed by atoms with E-state index in [1.807, 2.05) is 0 Å². The first-order valence-corrected chi connectivity index (χ1v) is 19.5. The summed E-state index contributed by atoms with van der Waals surface area (Å²) in [7, 11) is 0. The summed E-state index contributed by atoms with van der Waals surface area (Å²) in [6.07, 6.45) is -5.98. The lowest BCUT2D eigenvalue weighted by Crippen LogP contribution is -2.63. The number of carbonyl (C=O) groups is 4. The molecule has 19 nitrogen and oxygen atoms in total.